The summed E-state index contributed by atoms with van der Waals surface area (Å²) in [7, 11) is 0. The Labute approximate surface area is 144 Å². The number of nitrogens with one attached hydrogen (secondary N) is 1. The first kappa shape index (κ1) is 16.8. The maximum atomic E-state index is 5.75. The summed E-state index contributed by atoms with van der Waals surface area (Å²) in [6, 6.07) is 6.10. The Morgan fingerprint density at radius 2 is 2.09 bits per heavy atom. The molecular formula is C18H27N3OS. The van der Waals surface area contributed by atoms with Crippen molar-refractivity contribution in [2.24, 2.45) is 5.92 Å². The standard InChI is InChI=1S/C18H27N3OS/c23-18(20-13-15-5-1-2-6-15)16(17-7-3-4-8-19-17)14-21-9-11-22-12-10-21/h3-4,7-8,15-16H,1-2,5-6,9-14H2,(H,20,23). The van der Waals surface area contributed by atoms with E-state index < -0.39 is 0 Å². The Morgan fingerprint density at radius 1 is 1.30 bits per heavy atom. The monoisotopic (exact) mass is 333 g/mol. The molecule has 2 aliphatic rings. The molecule has 1 aliphatic heterocycles. The quantitative estimate of drug-likeness (QED) is 0.810. The summed E-state index contributed by atoms with van der Waals surface area (Å²) in [5, 5.41) is 3.55. The van der Waals surface area contributed by atoms with Gasteiger partial charge in [0.25, 0.3) is 0 Å². The van der Waals surface area contributed by atoms with Crippen molar-refractivity contribution in [1.29, 1.82) is 0 Å². The van der Waals surface area contributed by atoms with Crippen molar-refractivity contribution in [3.63, 3.8) is 0 Å². The Bertz CT molecular complexity index is 484. The molecule has 5 heteroatoms. The highest BCUT2D eigenvalue weighted by Crippen LogP contribution is 2.24. The van der Waals surface area contributed by atoms with Crippen molar-refractivity contribution in [2.45, 2.75) is 31.6 Å². The Balaban J connectivity index is 1.62. The summed E-state index contributed by atoms with van der Waals surface area (Å²) in [6.07, 6.45) is 7.29. The average Bonchev–Trinajstić information content (AvgIpc) is 3.13. The average molecular weight is 334 g/mol. The largest absolute Gasteiger partial charge is 0.379 e. The van der Waals surface area contributed by atoms with Gasteiger partial charge in [0.2, 0.25) is 0 Å². The second kappa shape index (κ2) is 8.71. The van der Waals surface area contributed by atoms with Crippen LogP contribution in [-0.2, 0) is 4.74 Å². The number of aromatic nitrogens is 1. The lowest BCUT2D eigenvalue weighted by Crippen LogP contribution is -2.43. The minimum Gasteiger partial charge on any atom is -0.379 e. The van der Waals surface area contributed by atoms with E-state index >= 15 is 0 Å². The summed E-state index contributed by atoms with van der Waals surface area (Å²) >= 11 is 5.75. The van der Waals surface area contributed by atoms with Gasteiger partial charge >= 0.3 is 0 Å². The highest BCUT2D eigenvalue weighted by Gasteiger charge is 2.24. The van der Waals surface area contributed by atoms with Crippen molar-refractivity contribution in [3.8, 4) is 0 Å². The van der Waals surface area contributed by atoms with Crippen molar-refractivity contribution >= 4 is 17.2 Å². The minimum absolute atomic E-state index is 0.172. The van der Waals surface area contributed by atoms with Crippen LogP contribution in [0.5, 0.6) is 0 Å². The van der Waals surface area contributed by atoms with Gasteiger partial charge in [-0.05, 0) is 30.9 Å². The van der Waals surface area contributed by atoms with Crippen LogP contribution in [-0.4, -0.2) is 54.3 Å². The number of pyridine rings is 1. The lowest BCUT2D eigenvalue weighted by molar-refractivity contribution is 0.0372. The summed E-state index contributed by atoms with van der Waals surface area (Å²) in [5.74, 6) is 0.964. The summed E-state index contributed by atoms with van der Waals surface area (Å²) < 4.78 is 5.46. The number of nitrogens with zero attached hydrogens (tertiary/aromatic N) is 2. The molecule has 1 N–H and O–H groups in total. The molecule has 4 nitrogen and oxygen atoms in total. The molecule has 3 rings (SSSR count). The molecule has 2 fully saturated rings. The van der Waals surface area contributed by atoms with E-state index in [9.17, 15) is 0 Å². The van der Waals surface area contributed by atoms with Gasteiger partial charge < -0.3 is 10.1 Å². The van der Waals surface area contributed by atoms with Crippen molar-refractivity contribution in [2.75, 3.05) is 39.4 Å². The zero-order valence-corrected chi connectivity index (χ0v) is 14.6. The third kappa shape index (κ3) is 4.96. The second-order valence-electron chi connectivity index (χ2n) is 6.62. The summed E-state index contributed by atoms with van der Waals surface area (Å²) in [6.45, 7) is 5.54. The smallest absolute Gasteiger partial charge is 0.0858 e. The van der Waals surface area contributed by atoms with E-state index in [0.29, 0.717) is 0 Å². The highest BCUT2D eigenvalue weighted by molar-refractivity contribution is 7.80. The molecule has 1 atom stereocenters. The zero-order valence-electron chi connectivity index (χ0n) is 13.7. The van der Waals surface area contributed by atoms with E-state index in [1.165, 1.54) is 25.7 Å². The van der Waals surface area contributed by atoms with Crippen LogP contribution >= 0.6 is 12.2 Å². The maximum absolute atomic E-state index is 5.75. The van der Waals surface area contributed by atoms with E-state index in [0.717, 1.165) is 56.0 Å². The Hall–Kier alpha value is -1.04. The fourth-order valence-corrected chi connectivity index (χ4v) is 3.80. The fourth-order valence-electron chi connectivity index (χ4n) is 3.52. The number of hydrogen-bond acceptors (Lipinski definition) is 4. The van der Waals surface area contributed by atoms with Crippen LogP contribution < -0.4 is 5.32 Å². The summed E-state index contributed by atoms with van der Waals surface area (Å²) in [4.78, 5) is 7.94. The van der Waals surface area contributed by atoms with Gasteiger partial charge in [0.05, 0.1) is 29.8 Å². The van der Waals surface area contributed by atoms with Crippen molar-refractivity contribution in [1.82, 2.24) is 15.2 Å². The van der Waals surface area contributed by atoms with E-state index in [-0.39, 0.29) is 5.92 Å². The molecule has 1 saturated heterocycles. The van der Waals surface area contributed by atoms with Gasteiger partial charge in [-0.25, -0.2) is 0 Å². The van der Waals surface area contributed by atoms with E-state index in [1.807, 2.05) is 18.3 Å². The molecule has 0 spiro atoms. The minimum atomic E-state index is 0.172. The molecule has 23 heavy (non-hydrogen) atoms. The van der Waals surface area contributed by atoms with Crippen LogP contribution in [0.3, 0.4) is 0 Å². The second-order valence-corrected chi connectivity index (χ2v) is 7.06. The van der Waals surface area contributed by atoms with Crippen LogP contribution in [0, 0.1) is 5.92 Å². The Morgan fingerprint density at radius 3 is 2.78 bits per heavy atom. The molecule has 1 aliphatic carbocycles. The zero-order chi connectivity index (χ0) is 15.9. The number of morpholine rings is 1. The normalized spacial score (nSPS) is 21.2. The number of rotatable bonds is 6. The molecule has 0 bridgehead atoms. The topological polar surface area (TPSA) is 37.4 Å². The molecule has 1 aromatic heterocycles. The van der Waals surface area contributed by atoms with Crippen molar-refractivity contribution < 1.29 is 4.74 Å². The molecule has 1 saturated carbocycles. The molecule has 0 radical (unpaired) electrons. The van der Waals surface area contributed by atoms with Gasteiger partial charge in [0.1, 0.15) is 0 Å². The van der Waals surface area contributed by atoms with E-state index in [2.05, 4.69) is 21.3 Å². The van der Waals surface area contributed by atoms with Crippen LogP contribution in [0.15, 0.2) is 24.4 Å². The van der Waals surface area contributed by atoms with Gasteiger partial charge in [-0.2, -0.15) is 0 Å². The van der Waals surface area contributed by atoms with Crippen LogP contribution in [0.2, 0.25) is 0 Å². The lowest BCUT2D eigenvalue weighted by Gasteiger charge is -2.31. The van der Waals surface area contributed by atoms with Crippen molar-refractivity contribution in [3.05, 3.63) is 30.1 Å². The SMILES string of the molecule is S=C(NCC1CCCC1)C(CN1CCOCC1)c1ccccn1. The molecule has 2 heterocycles. The van der Waals surface area contributed by atoms with Gasteiger partial charge in [-0.15, -0.1) is 0 Å². The predicted molar refractivity (Wildman–Crippen MR) is 96.8 cm³/mol. The van der Waals surface area contributed by atoms with Crippen LogP contribution in [0.1, 0.15) is 37.3 Å². The molecular weight excluding hydrogens is 306 g/mol. The highest BCUT2D eigenvalue weighted by atomic mass is 32.1. The molecule has 1 aromatic rings. The number of thiocarbonyl (C=S) groups is 1. The lowest BCUT2D eigenvalue weighted by atomic mass is 10.0. The third-order valence-corrected chi connectivity index (χ3v) is 5.37. The molecule has 0 amide bonds. The number of hydrogen-bond donors (Lipinski definition) is 1. The first-order valence-corrected chi connectivity index (χ1v) is 9.22. The van der Waals surface area contributed by atoms with Crippen LogP contribution in [0.4, 0.5) is 0 Å². The summed E-state index contributed by atoms with van der Waals surface area (Å²) in [5.41, 5.74) is 1.07. The van der Waals surface area contributed by atoms with E-state index in [1.54, 1.807) is 0 Å². The fraction of sp³-hybridized carbons (Fsp3) is 0.667. The Kier molecular flexibility index (Phi) is 6.37. The maximum Gasteiger partial charge on any atom is 0.0858 e. The molecule has 1 unspecified atom stereocenters. The van der Waals surface area contributed by atoms with E-state index in [4.69, 9.17) is 17.0 Å². The predicted octanol–water partition coefficient (Wildman–Crippen LogP) is 2.60. The van der Waals surface area contributed by atoms with Gasteiger partial charge in [-0.3, -0.25) is 9.88 Å². The molecule has 0 aromatic carbocycles. The number of ether oxygens (including phenoxy) is 1. The third-order valence-electron chi connectivity index (χ3n) is 4.95. The van der Waals surface area contributed by atoms with Gasteiger partial charge in [0.15, 0.2) is 0 Å². The van der Waals surface area contributed by atoms with Gasteiger partial charge in [-0.1, -0.05) is 31.1 Å². The van der Waals surface area contributed by atoms with Crippen LogP contribution in [0.25, 0.3) is 0 Å². The first-order valence-electron chi connectivity index (χ1n) is 8.81. The first-order chi connectivity index (χ1) is 11.3. The van der Waals surface area contributed by atoms with Gasteiger partial charge in [0, 0.05) is 32.4 Å². The molecule has 126 valence electrons.